The van der Waals surface area contributed by atoms with Crippen molar-refractivity contribution >= 4 is 11.9 Å². The molecule has 1 aromatic carbocycles. The number of ether oxygens (including phenoxy) is 1. The lowest BCUT2D eigenvalue weighted by atomic mass is 9.90. The fourth-order valence-electron chi connectivity index (χ4n) is 3.66. The van der Waals surface area contributed by atoms with Crippen molar-refractivity contribution in [2.75, 3.05) is 26.7 Å². The summed E-state index contributed by atoms with van der Waals surface area (Å²) in [6.45, 7) is 6.43. The lowest BCUT2D eigenvalue weighted by molar-refractivity contribution is -0.898. The van der Waals surface area contributed by atoms with Gasteiger partial charge in [0.05, 0.1) is 20.2 Å². The first-order valence-corrected chi connectivity index (χ1v) is 9.78. The fourth-order valence-corrected chi connectivity index (χ4v) is 3.66. The molecule has 0 aliphatic carbocycles. The summed E-state index contributed by atoms with van der Waals surface area (Å²) in [5.74, 6) is 0.353. The molecular formula is C21H33N2O3+. The summed E-state index contributed by atoms with van der Waals surface area (Å²) in [5.41, 5.74) is 1.40. The van der Waals surface area contributed by atoms with E-state index in [1.165, 1.54) is 17.6 Å². The van der Waals surface area contributed by atoms with Crippen LogP contribution in [0.2, 0.25) is 0 Å². The highest BCUT2D eigenvalue weighted by Gasteiger charge is 2.29. The van der Waals surface area contributed by atoms with Crippen molar-refractivity contribution in [3.63, 3.8) is 0 Å². The third-order valence-corrected chi connectivity index (χ3v) is 5.57. The average molecular weight is 362 g/mol. The molecule has 2 atom stereocenters. The number of carbonyl (C=O) groups is 2. The Labute approximate surface area is 157 Å². The van der Waals surface area contributed by atoms with Crippen LogP contribution in [-0.2, 0) is 20.7 Å². The number of rotatable bonds is 8. The zero-order chi connectivity index (χ0) is 18.9. The number of hydrogen-bond donors (Lipinski definition) is 2. The highest BCUT2D eigenvalue weighted by atomic mass is 16.5. The van der Waals surface area contributed by atoms with E-state index in [1.54, 1.807) is 0 Å². The van der Waals surface area contributed by atoms with E-state index < -0.39 is 6.04 Å². The van der Waals surface area contributed by atoms with E-state index in [0.717, 1.165) is 38.8 Å². The van der Waals surface area contributed by atoms with Crippen molar-refractivity contribution < 1.29 is 19.2 Å². The first-order valence-electron chi connectivity index (χ1n) is 9.78. The van der Waals surface area contributed by atoms with Crippen molar-refractivity contribution in [2.45, 2.75) is 45.6 Å². The van der Waals surface area contributed by atoms with Crippen molar-refractivity contribution in [3.05, 3.63) is 35.9 Å². The molecule has 1 aliphatic heterocycles. The maximum atomic E-state index is 12.4. The van der Waals surface area contributed by atoms with E-state index in [9.17, 15) is 9.59 Å². The highest BCUT2D eigenvalue weighted by Crippen LogP contribution is 2.16. The first-order chi connectivity index (χ1) is 12.5. The number of quaternary nitrogens is 1. The van der Waals surface area contributed by atoms with Gasteiger partial charge in [0, 0.05) is 0 Å². The molecule has 0 spiro atoms. The second-order valence-corrected chi connectivity index (χ2v) is 7.51. The molecule has 1 aromatic rings. The molecule has 1 fully saturated rings. The Bertz CT molecular complexity index is 568. The highest BCUT2D eigenvalue weighted by molar-refractivity contribution is 5.85. The largest absolute Gasteiger partial charge is 0.467 e. The number of nitrogens with one attached hydrogen (secondary N) is 2. The van der Waals surface area contributed by atoms with Gasteiger partial charge in [0.2, 0.25) is 0 Å². The number of hydrogen-bond acceptors (Lipinski definition) is 3. The Hall–Kier alpha value is -1.88. The minimum absolute atomic E-state index is 0.0581. The van der Waals surface area contributed by atoms with Gasteiger partial charge in [-0.05, 0) is 36.7 Å². The second-order valence-electron chi connectivity index (χ2n) is 7.51. The molecule has 5 heteroatoms. The number of carbonyl (C=O) groups excluding carboxylic acids is 2. The first kappa shape index (κ1) is 20.4. The Kier molecular flexibility index (Phi) is 8.10. The van der Waals surface area contributed by atoms with Crippen LogP contribution in [0.25, 0.3) is 0 Å². The normalized spacial score (nSPS) is 22.3. The molecule has 26 heavy (non-hydrogen) atoms. The molecular weight excluding hydrogens is 328 g/mol. The third kappa shape index (κ3) is 6.13. The van der Waals surface area contributed by atoms with Crippen molar-refractivity contribution in [3.8, 4) is 0 Å². The minimum atomic E-state index is -0.549. The van der Waals surface area contributed by atoms with Crippen LogP contribution >= 0.6 is 0 Å². The predicted molar refractivity (Wildman–Crippen MR) is 102 cm³/mol. The Morgan fingerprint density at radius 3 is 2.46 bits per heavy atom. The van der Waals surface area contributed by atoms with Gasteiger partial charge in [0.25, 0.3) is 5.91 Å². The molecule has 0 bridgehead atoms. The molecule has 0 aromatic heterocycles. The maximum absolute atomic E-state index is 12.4. The zero-order valence-corrected chi connectivity index (χ0v) is 16.3. The maximum Gasteiger partial charge on any atom is 0.328 e. The summed E-state index contributed by atoms with van der Waals surface area (Å²) in [5, 5.41) is 2.88. The molecule has 1 aliphatic rings. The van der Waals surface area contributed by atoms with Crippen LogP contribution in [0.5, 0.6) is 0 Å². The van der Waals surface area contributed by atoms with Gasteiger partial charge >= 0.3 is 5.97 Å². The molecule has 1 heterocycles. The van der Waals surface area contributed by atoms with Crippen molar-refractivity contribution in [1.29, 1.82) is 0 Å². The van der Waals surface area contributed by atoms with Gasteiger partial charge in [-0.1, -0.05) is 50.6 Å². The van der Waals surface area contributed by atoms with Crippen LogP contribution in [0.4, 0.5) is 0 Å². The SMILES string of the molecule is CC[C@H](C)[C@H](NC(=O)C[NH+]1CCC(Cc2ccccc2)CC1)C(=O)OC. The van der Waals surface area contributed by atoms with Crippen LogP contribution in [0.1, 0.15) is 38.7 Å². The predicted octanol–water partition coefficient (Wildman–Crippen LogP) is 1.23. The Morgan fingerprint density at radius 2 is 1.88 bits per heavy atom. The molecule has 2 rings (SSSR count). The van der Waals surface area contributed by atoms with E-state index in [2.05, 4.69) is 35.6 Å². The molecule has 0 radical (unpaired) electrons. The summed E-state index contributed by atoms with van der Waals surface area (Å²) in [7, 11) is 1.37. The molecule has 0 unspecified atom stereocenters. The topological polar surface area (TPSA) is 59.8 Å². The smallest absolute Gasteiger partial charge is 0.328 e. The van der Waals surface area contributed by atoms with Gasteiger partial charge in [0.15, 0.2) is 6.54 Å². The quantitative estimate of drug-likeness (QED) is 0.685. The number of likely N-dealkylation sites (tertiary alicyclic amines) is 1. The number of esters is 1. The zero-order valence-electron chi connectivity index (χ0n) is 16.3. The monoisotopic (exact) mass is 361 g/mol. The third-order valence-electron chi connectivity index (χ3n) is 5.57. The lowest BCUT2D eigenvalue weighted by Crippen LogP contribution is -3.14. The average Bonchev–Trinajstić information content (AvgIpc) is 2.67. The fraction of sp³-hybridized carbons (Fsp3) is 0.619. The lowest BCUT2D eigenvalue weighted by Gasteiger charge is -2.29. The van der Waals surface area contributed by atoms with Crippen molar-refractivity contribution in [1.82, 2.24) is 5.32 Å². The van der Waals surface area contributed by atoms with Crippen LogP contribution in [-0.4, -0.2) is 44.7 Å². The van der Waals surface area contributed by atoms with E-state index in [0.29, 0.717) is 12.5 Å². The van der Waals surface area contributed by atoms with E-state index >= 15 is 0 Å². The minimum Gasteiger partial charge on any atom is -0.467 e. The molecule has 2 N–H and O–H groups in total. The Morgan fingerprint density at radius 1 is 1.23 bits per heavy atom. The molecule has 1 amide bonds. The molecule has 144 valence electrons. The number of amides is 1. The van der Waals surface area contributed by atoms with Crippen molar-refractivity contribution in [2.24, 2.45) is 11.8 Å². The van der Waals surface area contributed by atoms with Gasteiger partial charge < -0.3 is 15.0 Å². The summed E-state index contributed by atoms with van der Waals surface area (Å²) in [6.07, 6.45) is 4.23. The van der Waals surface area contributed by atoms with Crippen LogP contribution in [0, 0.1) is 11.8 Å². The summed E-state index contributed by atoms with van der Waals surface area (Å²) < 4.78 is 4.84. The molecule has 0 saturated carbocycles. The summed E-state index contributed by atoms with van der Waals surface area (Å²) >= 11 is 0. The van der Waals surface area contributed by atoms with Crippen LogP contribution in [0.15, 0.2) is 30.3 Å². The van der Waals surface area contributed by atoms with Gasteiger partial charge in [-0.3, -0.25) is 4.79 Å². The summed E-state index contributed by atoms with van der Waals surface area (Å²) in [4.78, 5) is 25.6. The molecule has 1 saturated heterocycles. The van der Waals surface area contributed by atoms with Crippen LogP contribution in [0.3, 0.4) is 0 Å². The van der Waals surface area contributed by atoms with Crippen LogP contribution < -0.4 is 10.2 Å². The van der Waals surface area contributed by atoms with Gasteiger partial charge in [-0.25, -0.2) is 4.79 Å². The number of benzene rings is 1. The van der Waals surface area contributed by atoms with Gasteiger partial charge in [-0.2, -0.15) is 0 Å². The van der Waals surface area contributed by atoms with E-state index in [1.807, 2.05) is 13.8 Å². The van der Waals surface area contributed by atoms with Gasteiger partial charge in [0.1, 0.15) is 6.04 Å². The number of methoxy groups -OCH3 is 1. The number of piperidine rings is 1. The van der Waals surface area contributed by atoms with E-state index in [4.69, 9.17) is 4.74 Å². The molecule has 5 nitrogen and oxygen atoms in total. The standard InChI is InChI=1S/C21H32N2O3/c1-4-16(2)20(21(25)26-3)22-19(24)15-23-12-10-18(11-13-23)14-17-8-6-5-7-9-17/h5-9,16,18,20H,4,10-15H2,1-3H3,(H,22,24)/p+1/t16-,20-/m0/s1. The summed E-state index contributed by atoms with van der Waals surface area (Å²) in [6, 6.07) is 10.1. The second kappa shape index (κ2) is 10.3. The Balaban J connectivity index is 1.77. The van der Waals surface area contributed by atoms with Gasteiger partial charge in [-0.15, -0.1) is 0 Å². The van der Waals surface area contributed by atoms with E-state index in [-0.39, 0.29) is 17.8 Å².